The van der Waals surface area contributed by atoms with Gasteiger partial charge in [0.2, 0.25) is 0 Å². The summed E-state index contributed by atoms with van der Waals surface area (Å²) in [4.78, 5) is 43.2. The lowest BCUT2D eigenvalue weighted by Gasteiger charge is -2.25. The zero-order valence-electron chi connectivity index (χ0n) is 21.1. The number of hydrogen-bond donors (Lipinski definition) is 0. The molecular formula is C27H26N2O7S. The number of aromatic nitrogens is 1. The summed E-state index contributed by atoms with van der Waals surface area (Å²) >= 11 is 1.20. The van der Waals surface area contributed by atoms with Gasteiger partial charge in [-0.15, -0.1) is 0 Å². The van der Waals surface area contributed by atoms with Crippen LogP contribution in [0.3, 0.4) is 0 Å². The molecule has 4 rings (SSSR count). The monoisotopic (exact) mass is 522 g/mol. The average molecular weight is 523 g/mol. The van der Waals surface area contributed by atoms with Crippen LogP contribution in [0.25, 0.3) is 6.08 Å². The van der Waals surface area contributed by atoms with Gasteiger partial charge in [0.05, 0.1) is 42.7 Å². The Bertz CT molecular complexity index is 1580. The lowest BCUT2D eigenvalue weighted by molar-refractivity contribution is -0.139. The van der Waals surface area contributed by atoms with Gasteiger partial charge < -0.3 is 18.9 Å². The number of thiazole rings is 1. The molecule has 0 saturated heterocycles. The van der Waals surface area contributed by atoms with E-state index in [9.17, 15) is 14.4 Å². The standard InChI is InChI=1S/C27H26N2O7S/c1-6-35-26(32)23-15(2)28-27-29(24(23)18-10-11-20(33-4)21(14-18)34-5)25(31)22(37-27)13-17-8-7-9-19(12-17)36-16(3)30/h7-14,24H,6H2,1-5H3. The van der Waals surface area contributed by atoms with Crippen LogP contribution in [0, 0.1) is 0 Å². The van der Waals surface area contributed by atoms with Crippen molar-refractivity contribution in [3.63, 3.8) is 0 Å². The molecule has 0 spiro atoms. The molecule has 0 radical (unpaired) electrons. The van der Waals surface area contributed by atoms with Crippen LogP contribution in [0.2, 0.25) is 0 Å². The molecule has 1 atom stereocenters. The van der Waals surface area contributed by atoms with Crippen molar-refractivity contribution >= 4 is 29.4 Å². The minimum absolute atomic E-state index is 0.178. The van der Waals surface area contributed by atoms with Crippen molar-refractivity contribution in [3.8, 4) is 17.2 Å². The molecule has 1 unspecified atom stereocenters. The molecule has 0 N–H and O–H groups in total. The summed E-state index contributed by atoms with van der Waals surface area (Å²) in [6.45, 7) is 4.94. The van der Waals surface area contributed by atoms with E-state index >= 15 is 0 Å². The van der Waals surface area contributed by atoms with Crippen molar-refractivity contribution < 1.29 is 28.5 Å². The highest BCUT2D eigenvalue weighted by Gasteiger charge is 2.33. The molecule has 2 heterocycles. The number of fused-ring (bicyclic) bond motifs is 1. The normalized spacial score (nSPS) is 15.1. The molecular weight excluding hydrogens is 496 g/mol. The Morgan fingerprint density at radius 2 is 1.86 bits per heavy atom. The molecule has 0 fully saturated rings. The van der Waals surface area contributed by atoms with Crippen LogP contribution in [-0.2, 0) is 14.3 Å². The van der Waals surface area contributed by atoms with Crippen molar-refractivity contribution in [1.29, 1.82) is 0 Å². The molecule has 1 aromatic heterocycles. The first-order valence-electron chi connectivity index (χ1n) is 11.5. The number of hydrogen-bond acceptors (Lipinski definition) is 9. The van der Waals surface area contributed by atoms with Crippen LogP contribution in [0.5, 0.6) is 17.2 Å². The van der Waals surface area contributed by atoms with E-state index in [4.69, 9.17) is 18.9 Å². The third kappa shape index (κ3) is 5.19. The molecule has 192 valence electrons. The maximum absolute atomic E-state index is 13.7. The van der Waals surface area contributed by atoms with E-state index in [1.807, 2.05) is 0 Å². The molecule has 37 heavy (non-hydrogen) atoms. The molecule has 2 aromatic carbocycles. The first-order valence-corrected chi connectivity index (χ1v) is 12.3. The zero-order chi connectivity index (χ0) is 26.7. The lowest BCUT2D eigenvalue weighted by atomic mass is 9.95. The third-order valence-electron chi connectivity index (χ3n) is 5.66. The van der Waals surface area contributed by atoms with E-state index < -0.39 is 18.0 Å². The average Bonchev–Trinajstić information content (AvgIpc) is 3.16. The predicted molar refractivity (Wildman–Crippen MR) is 138 cm³/mol. The Morgan fingerprint density at radius 3 is 2.54 bits per heavy atom. The fourth-order valence-electron chi connectivity index (χ4n) is 4.11. The molecule has 0 saturated carbocycles. The maximum atomic E-state index is 13.7. The molecule has 1 aliphatic rings. The highest BCUT2D eigenvalue weighted by Crippen LogP contribution is 2.36. The highest BCUT2D eigenvalue weighted by atomic mass is 32.1. The van der Waals surface area contributed by atoms with Crippen LogP contribution >= 0.6 is 11.3 Å². The van der Waals surface area contributed by atoms with Gasteiger partial charge in [0.15, 0.2) is 16.3 Å². The second-order valence-corrected chi connectivity index (χ2v) is 9.09. The predicted octanol–water partition coefficient (Wildman–Crippen LogP) is 2.74. The Balaban J connectivity index is 1.93. The van der Waals surface area contributed by atoms with Crippen LogP contribution < -0.4 is 29.1 Å². The van der Waals surface area contributed by atoms with Gasteiger partial charge in [0.1, 0.15) is 5.75 Å². The summed E-state index contributed by atoms with van der Waals surface area (Å²) in [5.74, 6) is 0.366. The van der Waals surface area contributed by atoms with E-state index in [-0.39, 0.29) is 17.7 Å². The number of methoxy groups -OCH3 is 2. The van der Waals surface area contributed by atoms with Gasteiger partial charge in [-0.25, -0.2) is 9.79 Å². The van der Waals surface area contributed by atoms with Crippen LogP contribution in [0.15, 0.2) is 63.5 Å². The van der Waals surface area contributed by atoms with Crippen molar-refractivity contribution in [1.82, 2.24) is 4.57 Å². The van der Waals surface area contributed by atoms with E-state index in [1.165, 1.54) is 37.0 Å². The lowest BCUT2D eigenvalue weighted by Crippen LogP contribution is -2.39. The summed E-state index contributed by atoms with van der Waals surface area (Å²) < 4.78 is 23.2. The van der Waals surface area contributed by atoms with E-state index in [1.54, 1.807) is 62.4 Å². The number of benzene rings is 2. The van der Waals surface area contributed by atoms with Crippen LogP contribution in [0.1, 0.15) is 37.9 Å². The summed E-state index contributed by atoms with van der Waals surface area (Å²) in [7, 11) is 3.05. The second-order valence-electron chi connectivity index (χ2n) is 8.08. The Labute approximate surface area is 216 Å². The van der Waals surface area contributed by atoms with Crippen LogP contribution in [-0.4, -0.2) is 37.3 Å². The smallest absolute Gasteiger partial charge is 0.338 e. The van der Waals surface area contributed by atoms with Crippen molar-refractivity contribution in [2.75, 3.05) is 20.8 Å². The fourth-order valence-corrected chi connectivity index (χ4v) is 5.16. The Hall–Kier alpha value is -4.18. The molecule has 1 aliphatic heterocycles. The summed E-state index contributed by atoms with van der Waals surface area (Å²) in [5, 5.41) is 0. The van der Waals surface area contributed by atoms with Crippen LogP contribution in [0.4, 0.5) is 0 Å². The van der Waals surface area contributed by atoms with Gasteiger partial charge in [-0.1, -0.05) is 29.5 Å². The number of esters is 2. The Morgan fingerprint density at radius 1 is 1.11 bits per heavy atom. The van der Waals surface area contributed by atoms with E-state index in [0.29, 0.717) is 43.4 Å². The molecule has 0 amide bonds. The summed E-state index contributed by atoms with van der Waals surface area (Å²) in [6.07, 6.45) is 1.70. The number of ether oxygens (including phenoxy) is 4. The first kappa shape index (κ1) is 25.9. The number of nitrogens with zero attached hydrogens (tertiary/aromatic N) is 2. The fraction of sp³-hybridized carbons (Fsp3) is 0.259. The van der Waals surface area contributed by atoms with Gasteiger partial charge in [0, 0.05) is 6.92 Å². The Kier molecular flexibility index (Phi) is 7.58. The number of carbonyl (C=O) groups excluding carboxylic acids is 2. The quantitative estimate of drug-likeness (QED) is 0.347. The van der Waals surface area contributed by atoms with E-state index in [0.717, 1.165) is 0 Å². The van der Waals surface area contributed by atoms with Gasteiger partial charge >= 0.3 is 11.9 Å². The first-order chi connectivity index (χ1) is 17.8. The second kappa shape index (κ2) is 10.8. The largest absolute Gasteiger partial charge is 0.493 e. The van der Waals surface area contributed by atoms with Gasteiger partial charge in [-0.05, 0) is 55.3 Å². The van der Waals surface area contributed by atoms with Crippen molar-refractivity contribution in [2.24, 2.45) is 4.99 Å². The SMILES string of the molecule is CCOC(=O)C1=C(C)N=c2sc(=Cc3cccc(OC(C)=O)c3)c(=O)n2C1c1ccc(OC)c(OC)c1. The minimum atomic E-state index is -0.787. The molecule has 0 aliphatic carbocycles. The number of allylic oxidation sites excluding steroid dienone is 1. The molecule has 0 bridgehead atoms. The number of carbonyl (C=O) groups is 2. The van der Waals surface area contributed by atoms with Crippen molar-refractivity contribution in [3.05, 3.63) is 84.5 Å². The van der Waals surface area contributed by atoms with E-state index in [2.05, 4.69) is 4.99 Å². The minimum Gasteiger partial charge on any atom is -0.493 e. The van der Waals surface area contributed by atoms with Gasteiger partial charge in [-0.2, -0.15) is 0 Å². The molecule has 10 heteroatoms. The summed E-state index contributed by atoms with van der Waals surface area (Å²) in [5.41, 5.74) is 1.72. The molecule has 3 aromatic rings. The van der Waals surface area contributed by atoms with Gasteiger partial charge in [-0.3, -0.25) is 14.2 Å². The highest BCUT2D eigenvalue weighted by molar-refractivity contribution is 7.07. The number of rotatable bonds is 7. The summed E-state index contributed by atoms with van der Waals surface area (Å²) in [6, 6.07) is 11.3. The van der Waals surface area contributed by atoms with Gasteiger partial charge in [0.25, 0.3) is 5.56 Å². The topological polar surface area (TPSA) is 105 Å². The van der Waals surface area contributed by atoms with Crippen molar-refractivity contribution in [2.45, 2.75) is 26.8 Å². The zero-order valence-corrected chi connectivity index (χ0v) is 21.9. The molecule has 9 nitrogen and oxygen atoms in total. The maximum Gasteiger partial charge on any atom is 0.338 e. The third-order valence-corrected chi connectivity index (χ3v) is 6.64.